The van der Waals surface area contributed by atoms with Crippen LogP contribution in [-0.2, 0) is 49.2 Å². The largest absolute Gasteiger partial charge is 0.482 e. The second-order valence-electron chi connectivity index (χ2n) is 11.9. The molecule has 0 saturated heterocycles. The highest BCUT2D eigenvalue weighted by atomic mass is 16.6. The van der Waals surface area contributed by atoms with Crippen LogP contribution in [0, 0.1) is 0 Å². The number of primary amides is 1. The minimum absolute atomic E-state index is 0.0532. The van der Waals surface area contributed by atoms with Crippen LogP contribution in [-0.4, -0.2) is 107 Å². The number of esters is 1. The third-order valence-corrected chi connectivity index (χ3v) is 5.32. The molecule has 45 heavy (non-hydrogen) atoms. The molecule has 0 aromatic heterocycles. The minimum atomic E-state index is -0.895. The Labute approximate surface area is 265 Å². The Bertz CT molecular complexity index is 1020. The lowest BCUT2D eigenvalue weighted by atomic mass is 10.1. The van der Waals surface area contributed by atoms with Gasteiger partial charge in [-0.2, -0.15) is 0 Å². The number of hydrogen-bond acceptors (Lipinski definition) is 11. The number of amides is 3. The zero-order valence-electron chi connectivity index (χ0n) is 27.4. The fraction of sp³-hybridized carbons (Fsp3) is 0.677. The Morgan fingerprint density at radius 1 is 0.733 bits per heavy atom. The summed E-state index contributed by atoms with van der Waals surface area (Å²) >= 11 is 0. The number of carbonyl (C=O) groups excluding carboxylic acids is 4. The third-order valence-electron chi connectivity index (χ3n) is 5.32. The molecule has 4 N–H and O–H groups in total. The maximum atomic E-state index is 12.3. The summed E-state index contributed by atoms with van der Waals surface area (Å²) in [7, 11) is 0. The average Bonchev–Trinajstić information content (AvgIpc) is 2.92. The summed E-state index contributed by atoms with van der Waals surface area (Å²) in [6.45, 7) is 13.5. The molecule has 1 rings (SSSR count). The van der Waals surface area contributed by atoms with Gasteiger partial charge in [0.25, 0.3) is 0 Å². The van der Waals surface area contributed by atoms with Crippen LogP contribution in [0.3, 0.4) is 0 Å². The fourth-order valence-corrected chi connectivity index (χ4v) is 3.43. The number of hydrogen-bond donors (Lipinski definition) is 3. The molecule has 0 aliphatic heterocycles. The summed E-state index contributed by atoms with van der Waals surface area (Å²) in [6.07, 6.45) is -0.233. The molecule has 0 saturated carbocycles. The number of carbonyl (C=O) groups is 4. The molecular formula is C31H51N3O11. The second-order valence-corrected chi connectivity index (χ2v) is 11.9. The maximum Gasteiger partial charge on any atom is 0.407 e. The van der Waals surface area contributed by atoms with Crippen LogP contribution in [0.5, 0.6) is 5.75 Å². The first kappa shape index (κ1) is 39.6. The Hall–Kier alpha value is -3.46. The van der Waals surface area contributed by atoms with Crippen molar-refractivity contribution in [3.8, 4) is 5.75 Å². The van der Waals surface area contributed by atoms with Gasteiger partial charge in [0.05, 0.1) is 52.9 Å². The van der Waals surface area contributed by atoms with E-state index in [0.29, 0.717) is 58.5 Å². The van der Waals surface area contributed by atoms with Gasteiger partial charge >= 0.3 is 12.1 Å². The highest BCUT2D eigenvalue weighted by Crippen LogP contribution is 2.15. The predicted molar refractivity (Wildman–Crippen MR) is 165 cm³/mol. The lowest BCUT2D eigenvalue weighted by molar-refractivity contribution is -0.157. The lowest BCUT2D eigenvalue weighted by Gasteiger charge is -2.19. The standard InChI is InChI=1S/C31H51N3O11/c1-30(2,3)44-27(36)22-43-24-9-7-23(8-10-24)21-25(28(32)37)34-26(35)11-13-39-15-17-41-19-20-42-18-16-40-14-12-33-29(38)45-31(4,5)6/h7-10,25H,11-22H2,1-6H3,(H2,32,37)(H,33,38)(H,34,35). The Balaban J connectivity index is 2.09. The van der Waals surface area contributed by atoms with Crippen LogP contribution in [0.25, 0.3) is 0 Å². The molecule has 256 valence electrons. The smallest absolute Gasteiger partial charge is 0.407 e. The molecule has 0 aliphatic carbocycles. The van der Waals surface area contributed by atoms with Crippen LogP contribution < -0.4 is 21.1 Å². The Morgan fingerprint density at radius 3 is 1.76 bits per heavy atom. The lowest BCUT2D eigenvalue weighted by Crippen LogP contribution is -2.46. The van der Waals surface area contributed by atoms with Gasteiger partial charge < -0.3 is 49.5 Å². The number of nitrogens with one attached hydrogen (secondary N) is 2. The first-order valence-electron chi connectivity index (χ1n) is 14.9. The topological polar surface area (TPSA) is 183 Å². The van der Waals surface area contributed by atoms with Crippen molar-refractivity contribution in [1.82, 2.24) is 10.6 Å². The average molecular weight is 642 g/mol. The second kappa shape index (κ2) is 21.3. The van der Waals surface area contributed by atoms with Gasteiger partial charge in [-0.3, -0.25) is 9.59 Å². The number of rotatable bonds is 22. The van der Waals surface area contributed by atoms with Gasteiger partial charge in [0.15, 0.2) is 6.61 Å². The van der Waals surface area contributed by atoms with Gasteiger partial charge in [-0.1, -0.05) is 12.1 Å². The monoisotopic (exact) mass is 641 g/mol. The van der Waals surface area contributed by atoms with E-state index < -0.39 is 35.2 Å². The summed E-state index contributed by atoms with van der Waals surface area (Å²) in [6, 6.07) is 5.88. The summed E-state index contributed by atoms with van der Waals surface area (Å²) in [5.41, 5.74) is 5.10. The zero-order chi connectivity index (χ0) is 33.7. The third kappa shape index (κ3) is 22.7. The van der Waals surface area contributed by atoms with Crippen LogP contribution >= 0.6 is 0 Å². The molecule has 14 heteroatoms. The molecule has 1 unspecified atom stereocenters. The van der Waals surface area contributed by atoms with Crippen LogP contribution in [0.4, 0.5) is 4.79 Å². The van der Waals surface area contributed by atoms with E-state index in [9.17, 15) is 19.2 Å². The molecule has 0 bridgehead atoms. The van der Waals surface area contributed by atoms with Gasteiger partial charge in [0.2, 0.25) is 11.8 Å². The minimum Gasteiger partial charge on any atom is -0.482 e. The highest BCUT2D eigenvalue weighted by Gasteiger charge is 2.19. The number of nitrogens with two attached hydrogens (primary N) is 1. The van der Waals surface area contributed by atoms with Crippen molar-refractivity contribution in [1.29, 1.82) is 0 Å². The van der Waals surface area contributed by atoms with Crippen molar-refractivity contribution in [3.63, 3.8) is 0 Å². The first-order chi connectivity index (χ1) is 21.1. The Kier molecular flexibility index (Phi) is 18.7. The van der Waals surface area contributed by atoms with Crippen molar-refractivity contribution in [2.75, 3.05) is 66.0 Å². The predicted octanol–water partition coefficient (Wildman–Crippen LogP) is 1.90. The van der Waals surface area contributed by atoms with Gasteiger partial charge in [0.1, 0.15) is 23.0 Å². The van der Waals surface area contributed by atoms with Crippen LogP contribution in [0.1, 0.15) is 53.5 Å². The zero-order valence-corrected chi connectivity index (χ0v) is 27.4. The van der Waals surface area contributed by atoms with Crippen molar-refractivity contribution >= 4 is 23.9 Å². The highest BCUT2D eigenvalue weighted by molar-refractivity contribution is 5.86. The summed E-state index contributed by atoms with van der Waals surface area (Å²) in [5.74, 6) is -1.04. The van der Waals surface area contributed by atoms with E-state index in [-0.39, 0.29) is 32.0 Å². The van der Waals surface area contributed by atoms with Crippen molar-refractivity contribution in [2.24, 2.45) is 5.73 Å². The molecule has 1 aromatic carbocycles. The van der Waals surface area contributed by atoms with E-state index in [2.05, 4.69) is 10.6 Å². The Morgan fingerprint density at radius 2 is 1.24 bits per heavy atom. The van der Waals surface area contributed by atoms with E-state index >= 15 is 0 Å². The van der Waals surface area contributed by atoms with Gasteiger partial charge in [-0.05, 0) is 59.2 Å². The normalized spacial score (nSPS) is 12.2. The van der Waals surface area contributed by atoms with Crippen molar-refractivity contribution < 1.29 is 52.3 Å². The molecule has 14 nitrogen and oxygen atoms in total. The van der Waals surface area contributed by atoms with E-state index in [1.165, 1.54) is 0 Å². The van der Waals surface area contributed by atoms with E-state index in [4.69, 9.17) is 38.9 Å². The molecule has 1 atom stereocenters. The van der Waals surface area contributed by atoms with Crippen LogP contribution in [0.15, 0.2) is 24.3 Å². The van der Waals surface area contributed by atoms with Gasteiger partial charge in [0, 0.05) is 19.4 Å². The SMILES string of the molecule is CC(C)(C)OC(=O)COc1ccc(CC(NC(=O)CCOCCOCCOCCOCCNC(=O)OC(C)(C)C)C(N)=O)cc1. The van der Waals surface area contributed by atoms with Crippen molar-refractivity contribution in [2.45, 2.75) is 71.6 Å². The molecule has 0 spiro atoms. The number of benzene rings is 1. The summed E-state index contributed by atoms with van der Waals surface area (Å²) in [5, 5.41) is 5.24. The molecule has 3 amide bonds. The van der Waals surface area contributed by atoms with Gasteiger partial charge in [-0.25, -0.2) is 9.59 Å². The van der Waals surface area contributed by atoms with E-state index in [1.54, 1.807) is 65.8 Å². The summed E-state index contributed by atoms with van der Waals surface area (Å²) < 4.78 is 37.4. The number of ether oxygens (including phenoxy) is 7. The van der Waals surface area contributed by atoms with E-state index in [0.717, 1.165) is 5.56 Å². The van der Waals surface area contributed by atoms with Crippen LogP contribution in [0.2, 0.25) is 0 Å². The van der Waals surface area contributed by atoms with Crippen molar-refractivity contribution in [3.05, 3.63) is 29.8 Å². The fourth-order valence-electron chi connectivity index (χ4n) is 3.43. The molecule has 0 fully saturated rings. The quantitative estimate of drug-likeness (QED) is 0.124. The van der Waals surface area contributed by atoms with Gasteiger partial charge in [-0.15, -0.1) is 0 Å². The molecule has 0 radical (unpaired) electrons. The molecule has 1 aromatic rings. The first-order valence-corrected chi connectivity index (χ1v) is 14.9. The maximum absolute atomic E-state index is 12.3. The number of alkyl carbamates (subject to hydrolysis) is 1. The summed E-state index contributed by atoms with van der Waals surface area (Å²) in [4.78, 5) is 47.5. The molecule has 0 aliphatic rings. The van der Waals surface area contributed by atoms with E-state index in [1.807, 2.05) is 0 Å². The molecular weight excluding hydrogens is 590 g/mol. The molecule has 0 heterocycles.